The second kappa shape index (κ2) is 2.56. The molecule has 0 aromatic carbocycles. The third-order valence-corrected chi connectivity index (χ3v) is 1.76. The highest BCUT2D eigenvalue weighted by molar-refractivity contribution is 5.77. The van der Waals surface area contributed by atoms with Gasteiger partial charge in [-0.05, 0) is 19.4 Å². The van der Waals surface area contributed by atoms with Crippen molar-refractivity contribution in [2.45, 2.75) is 18.4 Å². The van der Waals surface area contributed by atoms with Gasteiger partial charge in [-0.1, -0.05) is 0 Å². The molecule has 0 aliphatic carbocycles. The fraction of sp³-hybridized carbons (Fsp3) is 0.833. The summed E-state index contributed by atoms with van der Waals surface area (Å²) in [5, 5.41) is 20.6. The van der Waals surface area contributed by atoms with Crippen LogP contribution in [0.15, 0.2) is 0 Å². The van der Waals surface area contributed by atoms with E-state index in [2.05, 4.69) is 5.32 Å². The van der Waals surface area contributed by atoms with Crippen molar-refractivity contribution < 1.29 is 15.0 Å². The molecule has 0 spiro atoms. The van der Waals surface area contributed by atoms with Crippen molar-refractivity contribution in [1.29, 1.82) is 0 Å². The van der Waals surface area contributed by atoms with Crippen molar-refractivity contribution in [1.82, 2.24) is 5.32 Å². The van der Waals surface area contributed by atoms with Crippen LogP contribution in [0.3, 0.4) is 0 Å². The largest absolute Gasteiger partial charge is 0.479 e. The smallest absolute Gasteiger partial charge is 0.337 e. The predicted octanol–water partition coefficient (Wildman–Crippen LogP) is -0.814. The van der Waals surface area contributed by atoms with Crippen LogP contribution in [0.5, 0.6) is 0 Å². The van der Waals surface area contributed by atoms with Crippen LogP contribution in [-0.4, -0.2) is 34.9 Å². The van der Waals surface area contributed by atoms with Crippen molar-refractivity contribution in [2.24, 2.45) is 0 Å². The van der Waals surface area contributed by atoms with Gasteiger partial charge in [0.15, 0.2) is 5.60 Å². The lowest BCUT2D eigenvalue weighted by Gasteiger charge is -2.27. The molecular formula is C6H11NO3. The van der Waals surface area contributed by atoms with E-state index in [9.17, 15) is 9.90 Å². The summed E-state index contributed by atoms with van der Waals surface area (Å²) in [6.45, 7) is 0.970. The third kappa shape index (κ3) is 1.27. The Morgan fingerprint density at radius 3 is 2.60 bits per heavy atom. The molecule has 1 fully saturated rings. The van der Waals surface area contributed by atoms with Gasteiger partial charge in [-0.15, -0.1) is 0 Å². The Morgan fingerprint density at radius 2 is 2.30 bits per heavy atom. The molecule has 0 radical (unpaired) electrons. The Morgan fingerprint density at radius 1 is 1.60 bits per heavy atom. The fourth-order valence-corrected chi connectivity index (χ4v) is 1.07. The third-order valence-electron chi connectivity index (χ3n) is 1.76. The van der Waals surface area contributed by atoms with E-state index in [0.29, 0.717) is 6.42 Å². The molecule has 1 heterocycles. The number of hydrogen-bond donors (Lipinski definition) is 3. The molecule has 4 nitrogen and oxygen atoms in total. The highest BCUT2D eigenvalue weighted by Gasteiger charge is 2.36. The Labute approximate surface area is 58.9 Å². The van der Waals surface area contributed by atoms with Crippen LogP contribution in [0.25, 0.3) is 0 Å². The SMILES string of the molecule is O=C(O)[C@]1(O)CCCNC1. The molecule has 3 N–H and O–H groups in total. The van der Waals surface area contributed by atoms with Crippen LogP contribution >= 0.6 is 0 Å². The number of carboxylic acid groups (broad SMARTS) is 1. The standard InChI is InChI=1S/C6H11NO3/c8-5(9)6(10)2-1-3-7-4-6/h7,10H,1-4H2,(H,8,9)/t6-/m0/s1. The molecule has 10 heavy (non-hydrogen) atoms. The summed E-state index contributed by atoms with van der Waals surface area (Å²) in [4.78, 5) is 10.4. The van der Waals surface area contributed by atoms with E-state index in [1.54, 1.807) is 0 Å². The summed E-state index contributed by atoms with van der Waals surface area (Å²) in [6, 6.07) is 0. The highest BCUT2D eigenvalue weighted by Crippen LogP contribution is 2.15. The van der Waals surface area contributed by atoms with E-state index in [4.69, 9.17) is 5.11 Å². The monoisotopic (exact) mass is 145 g/mol. The lowest BCUT2D eigenvalue weighted by atomic mass is 9.95. The van der Waals surface area contributed by atoms with Crippen molar-refractivity contribution in [3.8, 4) is 0 Å². The normalized spacial score (nSPS) is 33.7. The molecule has 1 aliphatic heterocycles. The van der Waals surface area contributed by atoms with Crippen molar-refractivity contribution in [2.75, 3.05) is 13.1 Å². The molecule has 0 unspecified atom stereocenters. The van der Waals surface area contributed by atoms with Gasteiger partial charge in [-0.2, -0.15) is 0 Å². The van der Waals surface area contributed by atoms with Crippen LogP contribution in [-0.2, 0) is 4.79 Å². The van der Waals surface area contributed by atoms with Gasteiger partial charge >= 0.3 is 5.97 Å². The van der Waals surface area contributed by atoms with Gasteiger partial charge in [0.2, 0.25) is 0 Å². The molecule has 1 rings (SSSR count). The quantitative estimate of drug-likeness (QED) is 0.451. The summed E-state index contributed by atoms with van der Waals surface area (Å²) >= 11 is 0. The second-order valence-corrected chi connectivity index (χ2v) is 2.62. The maximum atomic E-state index is 10.4. The highest BCUT2D eigenvalue weighted by atomic mass is 16.4. The predicted molar refractivity (Wildman–Crippen MR) is 34.7 cm³/mol. The average molecular weight is 145 g/mol. The minimum atomic E-state index is -1.52. The molecule has 4 heteroatoms. The summed E-state index contributed by atoms with van der Waals surface area (Å²) < 4.78 is 0. The number of aliphatic carboxylic acids is 1. The van der Waals surface area contributed by atoms with Crippen LogP contribution in [0, 0.1) is 0 Å². The zero-order valence-corrected chi connectivity index (χ0v) is 5.63. The molecular weight excluding hydrogens is 134 g/mol. The maximum Gasteiger partial charge on any atom is 0.337 e. The first-order chi connectivity index (χ1) is 4.65. The van der Waals surface area contributed by atoms with Crippen LogP contribution in [0.2, 0.25) is 0 Å². The van der Waals surface area contributed by atoms with Gasteiger partial charge < -0.3 is 15.5 Å². The molecule has 1 atom stereocenters. The number of piperidine rings is 1. The number of carbonyl (C=O) groups is 1. The average Bonchev–Trinajstić information content (AvgIpc) is 1.89. The van der Waals surface area contributed by atoms with Crippen molar-refractivity contribution in [3.05, 3.63) is 0 Å². The number of β-amino-alcohol motifs (C(OH)–C–C–N with tert-alkyl or cyclic N) is 1. The lowest BCUT2D eigenvalue weighted by molar-refractivity contribution is -0.160. The second-order valence-electron chi connectivity index (χ2n) is 2.62. The number of carboxylic acids is 1. The topological polar surface area (TPSA) is 69.6 Å². The van der Waals surface area contributed by atoms with Gasteiger partial charge in [0.05, 0.1) is 0 Å². The first-order valence-electron chi connectivity index (χ1n) is 3.32. The number of nitrogens with one attached hydrogen (secondary N) is 1. The van der Waals surface area contributed by atoms with Crippen LogP contribution in [0.4, 0.5) is 0 Å². The summed E-state index contributed by atoms with van der Waals surface area (Å²) in [7, 11) is 0. The molecule has 58 valence electrons. The first-order valence-corrected chi connectivity index (χ1v) is 3.32. The van der Waals surface area contributed by atoms with E-state index in [1.165, 1.54) is 0 Å². The van der Waals surface area contributed by atoms with E-state index in [1.807, 2.05) is 0 Å². The zero-order valence-electron chi connectivity index (χ0n) is 5.63. The number of hydrogen-bond acceptors (Lipinski definition) is 3. The molecule has 0 saturated carbocycles. The van der Waals surface area contributed by atoms with Crippen molar-refractivity contribution in [3.63, 3.8) is 0 Å². The fourth-order valence-electron chi connectivity index (χ4n) is 1.07. The van der Waals surface area contributed by atoms with E-state index in [0.717, 1.165) is 13.0 Å². The Hall–Kier alpha value is -0.610. The van der Waals surface area contributed by atoms with Crippen LogP contribution in [0.1, 0.15) is 12.8 Å². The summed E-state index contributed by atoms with van der Waals surface area (Å²) in [6.07, 6.45) is 1.08. The van der Waals surface area contributed by atoms with Gasteiger partial charge in [-0.25, -0.2) is 4.79 Å². The van der Waals surface area contributed by atoms with Gasteiger partial charge in [0, 0.05) is 6.54 Å². The zero-order chi connectivity index (χ0) is 7.61. The molecule has 1 aliphatic rings. The molecule has 0 aromatic rings. The van der Waals surface area contributed by atoms with E-state index >= 15 is 0 Å². The molecule has 1 saturated heterocycles. The van der Waals surface area contributed by atoms with Gasteiger partial charge in [0.1, 0.15) is 0 Å². The molecule has 0 amide bonds. The minimum Gasteiger partial charge on any atom is -0.479 e. The van der Waals surface area contributed by atoms with E-state index < -0.39 is 11.6 Å². The van der Waals surface area contributed by atoms with Gasteiger partial charge in [-0.3, -0.25) is 0 Å². The number of rotatable bonds is 1. The minimum absolute atomic E-state index is 0.169. The Kier molecular flexibility index (Phi) is 1.92. The van der Waals surface area contributed by atoms with Crippen molar-refractivity contribution >= 4 is 5.97 Å². The first kappa shape index (κ1) is 7.50. The van der Waals surface area contributed by atoms with Gasteiger partial charge in [0.25, 0.3) is 0 Å². The number of aliphatic hydroxyl groups is 1. The van der Waals surface area contributed by atoms with Crippen LogP contribution < -0.4 is 5.32 Å². The molecule has 0 aromatic heterocycles. The Balaban J connectivity index is 2.56. The Bertz CT molecular complexity index is 140. The molecule has 0 bridgehead atoms. The summed E-state index contributed by atoms with van der Waals surface area (Å²) in [5.74, 6) is -1.13. The maximum absolute atomic E-state index is 10.4. The van der Waals surface area contributed by atoms with E-state index in [-0.39, 0.29) is 6.54 Å². The summed E-state index contributed by atoms with van der Waals surface area (Å²) in [5.41, 5.74) is -1.52. The lowest BCUT2D eigenvalue weighted by Crippen LogP contribution is -2.51.